The van der Waals surface area contributed by atoms with Crippen molar-refractivity contribution in [1.82, 2.24) is 9.78 Å². The molecule has 0 radical (unpaired) electrons. The van der Waals surface area contributed by atoms with Gasteiger partial charge in [-0.15, -0.1) is 0 Å². The number of amides is 2. The second-order valence-electron chi connectivity index (χ2n) is 7.69. The van der Waals surface area contributed by atoms with E-state index in [9.17, 15) is 9.59 Å². The van der Waals surface area contributed by atoms with Gasteiger partial charge in [0.15, 0.2) is 6.10 Å². The largest absolute Gasteiger partial charge is 0.480 e. The quantitative estimate of drug-likeness (QED) is 0.674. The first kappa shape index (κ1) is 19.7. The molecule has 0 spiro atoms. The van der Waals surface area contributed by atoms with Crippen molar-refractivity contribution in [3.8, 4) is 5.75 Å². The van der Waals surface area contributed by atoms with Crippen LogP contribution in [-0.4, -0.2) is 27.7 Å². The Bertz CT molecular complexity index is 1080. The Morgan fingerprint density at radius 3 is 2.70 bits per heavy atom. The zero-order chi connectivity index (χ0) is 21.3. The van der Waals surface area contributed by atoms with Crippen LogP contribution >= 0.6 is 0 Å². The summed E-state index contributed by atoms with van der Waals surface area (Å²) < 4.78 is 7.53. The Hall–Kier alpha value is -3.61. The highest BCUT2D eigenvalue weighted by molar-refractivity contribution is 6.05. The fourth-order valence-corrected chi connectivity index (χ4v) is 3.33. The molecule has 7 nitrogen and oxygen atoms in total. The van der Waals surface area contributed by atoms with Crippen LogP contribution in [0.3, 0.4) is 0 Å². The molecular formula is C23H24N4O3. The lowest BCUT2D eigenvalue weighted by Crippen LogP contribution is -2.31. The molecule has 2 heterocycles. The number of ether oxygens (including phenoxy) is 1. The number of para-hydroxylation sites is 1. The summed E-state index contributed by atoms with van der Waals surface area (Å²) in [5, 5.41) is 9.97. The minimum absolute atomic E-state index is 0.209. The molecule has 30 heavy (non-hydrogen) atoms. The van der Waals surface area contributed by atoms with Crippen LogP contribution in [0.2, 0.25) is 0 Å². The number of rotatable bonds is 5. The van der Waals surface area contributed by atoms with Crippen LogP contribution < -0.4 is 15.4 Å². The van der Waals surface area contributed by atoms with Gasteiger partial charge >= 0.3 is 0 Å². The third-order valence-corrected chi connectivity index (χ3v) is 5.09. The monoisotopic (exact) mass is 404 g/mol. The number of anilines is 2. The number of carbonyl (C=O) groups excluding carboxylic acids is 2. The Balaban J connectivity index is 1.45. The number of nitrogens with one attached hydrogen (secondary N) is 2. The van der Waals surface area contributed by atoms with E-state index < -0.39 is 6.10 Å². The van der Waals surface area contributed by atoms with E-state index >= 15 is 0 Å². The summed E-state index contributed by atoms with van der Waals surface area (Å²) in [6, 6.07) is 13.1. The van der Waals surface area contributed by atoms with Gasteiger partial charge in [-0.1, -0.05) is 24.3 Å². The lowest BCUT2D eigenvalue weighted by atomic mass is 10.1. The number of fused-ring (bicyclic) bond motifs is 1. The Morgan fingerprint density at radius 2 is 1.97 bits per heavy atom. The van der Waals surface area contributed by atoms with Crippen LogP contribution in [0.25, 0.3) is 0 Å². The second-order valence-corrected chi connectivity index (χ2v) is 7.69. The van der Waals surface area contributed by atoms with Gasteiger partial charge < -0.3 is 15.4 Å². The van der Waals surface area contributed by atoms with E-state index in [-0.39, 0.29) is 17.9 Å². The molecule has 4 rings (SSSR count). The standard InChI is InChI=1S/C23H24N4O3/c1-14(2)27-13-18(12-24-27)25-22(28)17-9-8-15(3)19(10-17)26-23(29)21-11-16-6-4-5-7-20(16)30-21/h4-10,12-14,21H,11H2,1-3H3,(H,25,28)(H,26,29). The van der Waals surface area contributed by atoms with Gasteiger partial charge in [0.1, 0.15) is 5.75 Å². The molecule has 2 aromatic carbocycles. The molecule has 2 N–H and O–H groups in total. The maximum Gasteiger partial charge on any atom is 0.265 e. The summed E-state index contributed by atoms with van der Waals surface area (Å²) in [4.78, 5) is 25.4. The van der Waals surface area contributed by atoms with Crippen molar-refractivity contribution in [1.29, 1.82) is 0 Å². The highest BCUT2D eigenvalue weighted by Crippen LogP contribution is 2.29. The van der Waals surface area contributed by atoms with E-state index in [1.54, 1.807) is 29.2 Å². The van der Waals surface area contributed by atoms with Crippen molar-refractivity contribution < 1.29 is 14.3 Å². The van der Waals surface area contributed by atoms with E-state index in [4.69, 9.17) is 4.74 Å². The summed E-state index contributed by atoms with van der Waals surface area (Å²) in [6.45, 7) is 5.91. The Kier molecular flexibility index (Phi) is 5.27. The van der Waals surface area contributed by atoms with Gasteiger partial charge in [0, 0.05) is 29.9 Å². The predicted molar refractivity (Wildman–Crippen MR) is 115 cm³/mol. The van der Waals surface area contributed by atoms with Crippen molar-refractivity contribution in [2.24, 2.45) is 0 Å². The van der Waals surface area contributed by atoms with Gasteiger partial charge in [0.2, 0.25) is 0 Å². The first-order valence-electron chi connectivity index (χ1n) is 9.92. The van der Waals surface area contributed by atoms with Crippen molar-refractivity contribution in [3.05, 3.63) is 71.5 Å². The van der Waals surface area contributed by atoms with Crippen LogP contribution in [0.4, 0.5) is 11.4 Å². The first-order valence-corrected chi connectivity index (χ1v) is 9.92. The molecule has 3 aromatic rings. The van der Waals surface area contributed by atoms with Gasteiger partial charge in [-0.05, 0) is 50.1 Å². The smallest absolute Gasteiger partial charge is 0.265 e. The van der Waals surface area contributed by atoms with Gasteiger partial charge in [0.05, 0.1) is 11.9 Å². The maximum atomic E-state index is 12.7. The van der Waals surface area contributed by atoms with Gasteiger partial charge in [-0.3, -0.25) is 14.3 Å². The van der Waals surface area contributed by atoms with Crippen LogP contribution in [-0.2, 0) is 11.2 Å². The zero-order valence-corrected chi connectivity index (χ0v) is 17.2. The number of hydrogen-bond acceptors (Lipinski definition) is 4. The molecular weight excluding hydrogens is 380 g/mol. The molecule has 0 bridgehead atoms. The number of aromatic nitrogens is 2. The number of nitrogens with zero attached hydrogens (tertiary/aromatic N) is 2. The molecule has 0 fully saturated rings. The zero-order valence-electron chi connectivity index (χ0n) is 17.2. The fraction of sp³-hybridized carbons (Fsp3) is 0.261. The summed E-state index contributed by atoms with van der Waals surface area (Å²) in [7, 11) is 0. The number of benzene rings is 2. The molecule has 0 aliphatic carbocycles. The van der Waals surface area contributed by atoms with Crippen LogP contribution in [0.15, 0.2) is 54.9 Å². The van der Waals surface area contributed by atoms with E-state index in [2.05, 4.69) is 15.7 Å². The number of aryl methyl sites for hydroxylation is 1. The highest BCUT2D eigenvalue weighted by atomic mass is 16.5. The van der Waals surface area contributed by atoms with Crippen LogP contribution in [0.5, 0.6) is 5.75 Å². The molecule has 1 atom stereocenters. The molecule has 0 saturated carbocycles. The molecule has 0 saturated heterocycles. The van der Waals surface area contributed by atoms with E-state index in [1.165, 1.54) is 0 Å². The lowest BCUT2D eigenvalue weighted by molar-refractivity contribution is -0.122. The van der Waals surface area contributed by atoms with Crippen LogP contribution in [0, 0.1) is 6.92 Å². The van der Waals surface area contributed by atoms with Crippen molar-refractivity contribution in [3.63, 3.8) is 0 Å². The van der Waals surface area contributed by atoms with E-state index in [1.807, 2.05) is 51.1 Å². The SMILES string of the molecule is Cc1ccc(C(=O)Nc2cnn(C(C)C)c2)cc1NC(=O)C1Cc2ccccc2O1. The average molecular weight is 404 g/mol. The lowest BCUT2D eigenvalue weighted by Gasteiger charge is -2.14. The fourth-order valence-electron chi connectivity index (χ4n) is 3.33. The summed E-state index contributed by atoms with van der Waals surface area (Å²) in [5.74, 6) is 0.243. The van der Waals surface area contributed by atoms with Gasteiger partial charge in [-0.2, -0.15) is 5.10 Å². The third-order valence-electron chi connectivity index (χ3n) is 5.09. The summed E-state index contributed by atoms with van der Waals surface area (Å²) >= 11 is 0. The minimum Gasteiger partial charge on any atom is -0.480 e. The van der Waals surface area contributed by atoms with Gasteiger partial charge in [-0.25, -0.2) is 0 Å². The topological polar surface area (TPSA) is 85.3 Å². The number of hydrogen-bond donors (Lipinski definition) is 2. The van der Waals surface area contributed by atoms with Crippen molar-refractivity contribution >= 4 is 23.2 Å². The normalized spacial score (nSPS) is 14.9. The molecule has 1 unspecified atom stereocenters. The third kappa shape index (κ3) is 4.05. The van der Waals surface area contributed by atoms with Crippen LogP contribution in [0.1, 0.15) is 41.4 Å². The molecule has 1 aliphatic heterocycles. The molecule has 7 heteroatoms. The van der Waals surface area contributed by atoms with Gasteiger partial charge in [0.25, 0.3) is 11.8 Å². The molecule has 1 aromatic heterocycles. The van der Waals surface area contributed by atoms with Crippen molar-refractivity contribution in [2.75, 3.05) is 10.6 Å². The highest BCUT2D eigenvalue weighted by Gasteiger charge is 2.29. The Labute approximate surface area is 175 Å². The second kappa shape index (κ2) is 8.02. The maximum absolute atomic E-state index is 12.7. The summed E-state index contributed by atoms with van der Waals surface area (Å²) in [5.41, 5.74) is 3.54. The Morgan fingerprint density at radius 1 is 1.17 bits per heavy atom. The van der Waals surface area contributed by atoms with E-state index in [0.29, 0.717) is 23.4 Å². The molecule has 154 valence electrons. The van der Waals surface area contributed by atoms with E-state index in [0.717, 1.165) is 16.9 Å². The average Bonchev–Trinajstić information content (AvgIpc) is 3.36. The molecule has 1 aliphatic rings. The molecule has 2 amide bonds. The summed E-state index contributed by atoms with van der Waals surface area (Å²) in [6.07, 6.45) is 3.35. The predicted octanol–water partition coefficient (Wildman–Crippen LogP) is 3.97. The van der Waals surface area contributed by atoms with Crippen molar-refractivity contribution in [2.45, 2.75) is 39.3 Å². The number of carbonyl (C=O) groups is 2. The minimum atomic E-state index is -0.582. The first-order chi connectivity index (χ1) is 14.4.